The maximum atomic E-state index is 12.7. The van der Waals surface area contributed by atoms with Crippen molar-refractivity contribution in [3.05, 3.63) is 53.0 Å². The minimum Gasteiger partial charge on any atom is -0.324 e. The molecule has 0 radical (unpaired) electrons. The van der Waals surface area contributed by atoms with E-state index in [4.69, 9.17) is 0 Å². The van der Waals surface area contributed by atoms with Gasteiger partial charge in [-0.1, -0.05) is 34.1 Å². The van der Waals surface area contributed by atoms with Crippen molar-refractivity contribution in [3.8, 4) is 0 Å². The van der Waals surface area contributed by atoms with Gasteiger partial charge in [-0.3, -0.25) is 4.79 Å². The first-order valence-electron chi connectivity index (χ1n) is 6.60. The molecule has 2 aromatic rings. The molecule has 128 valence electrons. The zero-order chi connectivity index (χ0) is 17.7. The Hall–Kier alpha value is -1.45. The van der Waals surface area contributed by atoms with Crippen molar-refractivity contribution < 1.29 is 22.0 Å². The zero-order valence-corrected chi connectivity index (χ0v) is 15.3. The smallest absolute Gasteiger partial charge is 0.324 e. The third-order valence-electron chi connectivity index (χ3n) is 2.87. The number of carbonyl (C=O) groups is 1. The molecule has 0 aliphatic carbocycles. The van der Waals surface area contributed by atoms with Gasteiger partial charge in [0.15, 0.2) is 0 Å². The molecule has 2 aromatic carbocycles. The Bertz CT molecular complexity index is 844. The number of halogens is 3. The van der Waals surface area contributed by atoms with E-state index in [9.17, 15) is 22.0 Å². The first kappa shape index (κ1) is 18.9. The Kier molecular flexibility index (Phi) is 6.36. The number of nitrogens with one attached hydrogen (secondary N) is 1. The molecular formula is C15H12BrF2NO3S2. The molecule has 0 spiro atoms. The number of benzene rings is 2. The lowest BCUT2D eigenvalue weighted by atomic mass is 10.3. The summed E-state index contributed by atoms with van der Waals surface area (Å²) >= 11 is 4.56. The summed E-state index contributed by atoms with van der Waals surface area (Å²) in [5.41, 5.74) is -0.155. The van der Waals surface area contributed by atoms with Crippen molar-refractivity contribution in [2.45, 2.75) is 15.5 Å². The van der Waals surface area contributed by atoms with E-state index in [-0.39, 0.29) is 11.4 Å². The number of amides is 1. The number of carbonyl (C=O) groups excluding carboxylic acids is 1. The fourth-order valence-corrected chi connectivity index (χ4v) is 4.00. The first-order chi connectivity index (χ1) is 11.3. The number of hydrogen-bond donors (Lipinski definition) is 1. The van der Waals surface area contributed by atoms with E-state index in [0.717, 1.165) is 15.4 Å². The minimum absolute atomic E-state index is 0.0134. The predicted octanol–water partition coefficient (Wildman–Crippen LogP) is 4.18. The number of hydrogen-bond acceptors (Lipinski definition) is 4. The third-order valence-corrected chi connectivity index (χ3v) is 5.79. The standard InChI is InChI=1S/C15H12BrF2NO3S2/c16-10-4-3-5-11(8-10)23-9-14(20)19-12-6-1-2-7-13(12)24(21,22)15(17)18/h1-8,15H,9H2,(H,19,20). The van der Waals surface area contributed by atoms with Gasteiger partial charge in [-0.25, -0.2) is 8.42 Å². The lowest BCUT2D eigenvalue weighted by Gasteiger charge is -2.11. The average molecular weight is 436 g/mol. The van der Waals surface area contributed by atoms with E-state index in [0.29, 0.717) is 0 Å². The van der Waals surface area contributed by atoms with Crippen LogP contribution >= 0.6 is 27.7 Å². The molecule has 4 nitrogen and oxygen atoms in total. The molecule has 2 rings (SSSR count). The Morgan fingerprint density at radius 3 is 2.54 bits per heavy atom. The summed E-state index contributed by atoms with van der Waals surface area (Å²) in [4.78, 5) is 12.2. The van der Waals surface area contributed by atoms with Crippen LogP contribution < -0.4 is 5.32 Å². The summed E-state index contributed by atoms with van der Waals surface area (Å²) in [5, 5.41) is 2.37. The summed E-state index contributed by atoms with van der Waals surface area (Å²) in [7, 11) is -4.79. The molecule has 1 amide bonds. The summed E-state index contributed by atoms with van der Waals surface area (Å²) in [5.74, 6) is -4.03. The Morgan fingerprint density at radius 2 is 1.88 bits per heavy atom. The van der Waals surface area contributed by atoms with Crippen LogP contribution in [0.15, 0.2) is 62.8 Å². The van der Waals surface area contributed by atoms with Crippen molar-refractivity contribution >= 4 is 49.1 Å². The summed E-state index contributed by atoms with van der Waals surface area (Å²) in [6.07, 6.45) is 0. The van der Waals surface area contributed by atoms with E-state index in [1.165, 1.54) is 30.0 Å². The van der Waals surface area contributed by atoms with Crippen LogP contribution in [0.25, 0.3) is 0 Å². The van der Waals surface area contributed by atoms with Gasteiger partial charge in [-0.15, -0.1) is 11.8 Å². The molecule has 0 aromatic heterocycles. The number of sulfone groups is 1. The highest BCUT2D eigenvalue weighted by Crippen LogP contribution is 2.27. The highest BCUT2D eigenvalue weighted by molar-refractivity contribution is 9.10. The molecule has 0 heterocycles. The van der Waals surface area contributed by atoms with Gasteiger partial charge in [0.2, 0.25) is 15.7 Å². The second-order valence-corrected chi connectivity index (χ2v) is 8.45. The largest absolute Gasteiger partial charge is 0.341 e. The van der Waals surface area contributed by atoms with Crippen LogP contribution in [0, 0.1) is 0 Å². The van der Waals surface area contributed by atoms with E-state index < -0.39 is 26.4 Å². The van der Waals surface area contributed by atoms with Gasteiger partial charge in [0.1, 0.15) is 0 Å². The number of thioether (sulfide) groups is 1. The third kappa shape index (κ3) is 4.78. The van der Waals surface area contributed by atoms with Crippen molar-refractivity contribution in [2.24, 2.45) is 0 Å². The lowest BCUT2D eigenvalue weighted by Crippen LogP contribution is -2.19. The predicted molar refractivity (Wildman–Crippen MR) is 93.1 cm³/mol. The molecular weight excluding hydrogens is 424 g/mol. The monoisotopic (exact) mass is 435 g/mol. The molecule has 0 aliphatic rings. The van der Waals surface area contributed by atoms with Crippen LogP contribution in [0.2, 0.25) is 0 Å². The zero-order valence-electron chi connectivity index (χ0n) is 12.1. The Morgan fingerprint density at radius 1 is 1.17 bits per heavy atom. The molecule has 0 bridgehead atoms. The van der Waals surface area contributed by atoms with Gasteiger partial charge >= 0.3 is 5.76 Å². The molecule has 9 heteroatoms. The topological polar surface area (TPSA) is 63.2 Å². The van der Waals surface area contributed by atoms with Crippen LogP contribution in [0.5, 0.6) is 0 Å². The molecule has 1 N–H and O–H groups in total. The maximum absolute atomic E-state index is 12.7. The number of anilines is 1. The molecule has 24 heavy (non-hydrogen) atoms. The molecule has 0 atom stereocenters. The SMILES string of the molecule is O=C(CSc1cccc(Br)c1)Nc1ccccc1S(=O)(=O)C(F)F. The average Bonchev–Trinajstić information content (AvgIpc) is 2.53. The number of rotatable bonds is 6. The van der Waals surface area contributed by atoms with Crippen molar-refractivity contribution in [1.29, 1.82) is 0 Å². The fraction of sp³-hybridized carbons (Fsp3) is 0.133. The van der Waals surface area contributed by atoms with Gasteiger partial charge < -0.3 is 5.32 Å². The minimum atomic E-state index is -4.79. The quantitative estimate of drug-likeness (QED) is 0.691. The van der Waals surface area contributed by atoms with E-state index >= 15 is 0 Å². The molecule has 0 unspecified atom stereocenters. The van der Waals surface area contributed by atoms with Crippen LogP contribution in [0.3, 0.4) is 0 Å². The van der Waals surface area contributed by atoms with Crippen molar-refractivity contribution in [2.75, 3.05) is 11.1 Å². The van der Waals surface area contributed by atoms with Gasteiger partial charge in [0, 0.05) is 9.37 Å². The van der Waals surface area contributed by atoms with Gasteiger partial charge in [-0.05, 0) is 30.3 Å². The van der Waals surface area contributed by atoms with Crippen LogP contribution in [-0.4, -0.2) is 25.8 Å². The Labute approximate surface area is 150 Å². The number of para-hydroxylation sites is 1. The normalized spacial score (nSPS) is 11.5. The highest BCUT2D eigenvalue weighted by atomic mass is 79.9. The van der Waals surface area contributed by atoms with Crippen molar-refractivity contribution in [3.63, 3.8) is 0 Å². The van der Waals surface area contributed by atoms with Crippen LogP contribution in [-0.2, 0) is 14.6 Å². The fourth-order valence-electron chi connectivity index (χ4n) is 1.81. The van der Waals surface area contributed by atoms with Crippen LogP contribution in [0.4, 0.5) is 14.5 Å². The summed E-state index contributed by atoms with van der Waals surface area (Å²) < 4.78 is 49.6. The van der Waals surface area contributed by atoms with Crippen LogP contribution in [0.1, 0.15) is 0 Å². The lowest BCUT2D eigenvalue weighted by molar-refractivity contribution is -0.113. The van der Waals surface area contributed by atoms with Gasteiger partial charge in [0.05, 0.1) is 16.3 Å². The molecule has 0 saturated carbocycles. The molecule has 0 aliphatic heterocycles. The Balaban J connectivity index is 2.10. The summed E-state index contributed by atoms with van der Waals surface area (Å²) in [6, 6.07) is 12.4. The molecule has 0 fully saturated rings. The van der Waals surface area contributed by atoms with E-state index in [2.05, 4.69) is 21.2 Å². The second-order valence-electron chi connectivity index (χ2n) is 4.60. The van der Waals surface area contributed by atoms with Gasteiger partial charge in [0.25, 0.3) is 0 Å². The van der Waals surface area contributed by atoms with E-state index in [1.807, 2.05) is 24.3 Å². The van der Waals surface area contributed by atoms with Crippen molar-refractivity contribution in [1.82, 2.24) is 0 Å². The first-order valence-corrected chi connectivity index (χ1v) is 9.92. The number of alkyl halides is 2. The highest BCUT2D eigenvalue weighted by Gasteiger charge is 2.29. The molecule has 0 saturated heterocycles. The summed E-state index contributed by atoms with van der Waals surface area (Å²) in [6.45, 7) is 0. The van der Waals surface area contributed by atoms with E-state index in [1.54, 1.807) is 0 Å². The van der Waals surface area contributed by atoms with Gasteiger partial charge in [-0.2, -0.15) is 8.78 Å². The second kappa shape index (κ2) is 8.09. The maximum Gasteiger partial charge on any atom is 0.341 e.